The predicted molar refractivity (Wildman–Crippen MR) is 115 cm³/mol. The van der Waals surface area contributed by atoms with Crippen molar-refractivity contribution in [1.29, 1.82) is 0 Å². The third-order valence-corrected chi connectivity index (χ3v) is 4.77. The Balaban J connectivity index is 2.14. The summed E-state index contributed by atoms with van der Waals surface area (Å²) in [5.41, 5.74) is -1.12. The molecule has 2 aromatic carbocycles. The number of nitrogens with zero attached hydrogens (tertiary/aromatic N) is 6. The summed E-state index contributed by atoms with van der Waals surface area (Å²) in [6.07, 6.45) is 2.49. The van der Waals surface area contributed by atoms with Crippen molar-refractivity contribution in [3.8, 4) is 5.69 Å². The van der Waals surface area contributed by atoms with Crippen LogP contribution in [0.4, 0.5) is 22.7 Å². The van der Waals surface area contributed by atoms with Gasteiger partial charge in [0.1, 0.15) is 5.56 Å². The van der Waals surface area contributed by atoms with Gasteiger partial charge in [0.05, 0.1) is 43.2 Å². The third-order valence-electron chi connectivity index (χ3n) is 4.77. The monoisotopic (exact) mass is 454 g/mol. The van der Waals surface area contributed by atoms with E-state index in [2.05, 4.69) is 5.10 Å². The summed E-state index contributed by atoms with van der Waals surface area (Å²) >= 11 is 0. The topological polar surface area (TPSA) is 190 Å². The van der Waals surface area contributed by atoms with E-state index >= 15 is 0 Å². The Bertz CT molecular complexity index is 1330. The molecule has 0 aliphatic rings. The molecule has 0 N–H and O–H groups in total. The number of aryl methyl sites for hydroxylation is 1. The van der Waals surface area contributed by atoms with Crippen LogP contribution >= 0.6 is 0 Å². The fourth-order valence-corrected chi connectivity index (χ4v) is 3.24. The van der Waals surface area contributed by atoms with Crippen molar-refractivity contribution in [1.82, 2.24) is 9.78 Å². The zero-order chi connectivity index (χ0) is 24.4. The zero-order valence-corrected chi connectivity index (χ0v) is 17.1. The summed E-state index contributed by atoms with van der Waals surface area (Å²) < 4.78 is 1.43. The number of hydrogen-bond acceptors (Lipinski definition) is 9. The Morgan fingerprint density at radius 3 is 1.82 bits per heavy atom. The molecule has 0 amide bonds. The van der Waals surface area contributed by atoms with Gasteiger partial charge >= 0.3 is 0 Å². The number of nitro benzene ring substituents is 4. The van der Waals surface area contributed by atoms with Crippen molar-refractivity contribution < 1.29 is 19.7 Å². The van der Waals surface area contributed by atoms with Crippen molar-refractivity contribution in [2.75, 3.05) is 0 Å². The average molecular weight is 454 g/mol. The van der Waals surface area contributed by atoms with Gasteiger partial charge in [-0.2, -0.15) is 5.10 Å². The molecule has 0 aliphatic carbocycles. The second-order valence-electron chi connectivity index (χ2n) is 6.78. The largest absolute Gasteiger partial charge is 0.290 e. The predicted octanol–water partition coefficient (Wildman–Crippen LogP) is 4.29. The molecule has 1 aromatic heterocycles. The van der Waals surface area contributed by atoms with E-state index in [4.69, 9.17) is 0 Å². The van der Waals surface area contributed by atoms with Crippen molar-refractivity contribution >= 4 is 34.9 Å². The Kier molecular flexibility index (Phi) is 5.92. The van der Waals surface area contributed by atoms with E-state index in [0.29, 0.717) is 34.8 Å². The van der Waals surface area contributed by atoms with Crippen LogP contribution in [0.5, 0.6) is 0 Å². The van der Waals surface area contributed by atoms with E-state index in [-0.39, 0.29) is 5.69 Å². The maximum atomic E-state index is 11.4. The molecule has 3 rings (SSSR count). The first-order valence-electron chi connectivity index (χ1n) is 9.11. The van der Waals surface area contributed by atoms with Crippen LogP contribution in [0.1, 0.15) is 22.5 Å². The number of nitro groups is 4. The number of hydrogen-bond donors (Lipinski definition) is 0. The number of aromatic nitrogens is 2. The molecule has 3 aromatic rings. The first-order valence-corrected chi connectivity index (χ1v) is 9.11. The van der Waals surface area contributed by atoms with E-state index < -0.39 is 42.3 Å². The van der Waals surface area contributed by atoms with Crippen LogP contribution in [-0.2, 0) is 0 Å². The van der Waals surface area contributed by atoms with Crippen LogP contribution < -0.4 is 0 Å². The lowest BCUT2D eigenvalue weighted by Gasteiger charge is -2.04. The van der Waals surface area contributed by atoms with E-state index in [0.717, 1.165) is 6.08 Å². The first kappa shape index (κ1) is 22.7. The van der Waals surface area contributed by atoms with Gasteiger partial charge < -0.3 is 0 Å². The van der Waals surface area contributed by atoms with Crippen molar-refractivity contribution in [2.45, 2.75) is 13.8 Å². The second kappa shape index (κ2) is 8.62. The van der Waals surface area contributed by atoms with Gasteiger partial charge in [-0.05, 0) is 26.0 Å². The highest BCUT2D eigenvalue weighted by molar-refractivity contribution is 5.82. The fourth-order valence-electron chi connectivity index (χ4n) is 3.24. The van der Waals surface area contributed by atoms with E-state index in [9.17, 15) is 40.5 Å². The maximum absolute atomic E-state index is 11.4. The Labute approximate surface area is 184 Å². The minimum absolute atomic E-state index is 0.144. The number of non-ortho nitro benzene ring substituents is 2. The summed E-state index contributed by atoms with van der Waals surface area (Å²) in [6.45, 7) is 3.27. The molecular formula is C19H14N6O8. The van der Waals surface area contributed by atoms with Crippen LogP contribution in [-0.4, -0.2) is 29.5 Å². The lowest BCUT2D eigenvalue weighted by Crippen LogP contribution is -2.00. The molecule has 0 saturated heterocycles. The van der Waals surface area contributed by atoms with Gasteiger partial charge in [-0.3, -0.25) is 40.5 Å². The van der Waals surface area contributed by atoms with Gasteiger partial charge in [-0.25, -0.2) is 4.68 Å². The second-order valence-corrected chi connectivity index (χ2v) is 6.78. The molecule has 0 atom stereocenters. The van der Waals surface area contributed by atoms with Gasteiger partial charge in [0, 0.05) is 23.4 Å². The highest BCUT2D eigenvalue weighted by Gasteiger charge is 2.29. The smallest absolute Gasteiger partial charge is 0.258 e. The fraction of sp³-hybridized carbons (Fsp3) is 0.105. The van der Waals surface area contributed by atoms with Crippen LogP contribution in [0.15, 0.2) is 36.4 Å². The maximum Gasteiger partial charge on any atom is 0.290 e. The van der Waals surface area contributed by atoms with Crippen LogP contribution in [0, 0.1) is 54.3 Å². The van der Waals surface area contributed by atoms with Crippen LogP contribution in [0.3, 0.4) is 0 Å². The van der Waals surface area contributed by atoms with Crippen molar-refractivity contribution in [3.63, 3.8) is 0 Å². The molecule has 0 aliphatic heterocycles. The zero-order valence-electron chi connectivity index (χ0n) is 17.1. The summed E-state index contributed by atoms with van der Waals surface area (Å²) in [5.74, 6) is 0. The molecule has 14 heteroatoms. The molecule has 33 heavy (non-hydrogen) atoms. The molecular weight excluding hydrogens is 440 g/mol. The van der Waals surface area contributed by atoms with E-state index in [1.165, 1.54) is 29.0 Å². The third kappa shape index (κ3) is 4.39. The van der Waals surface area contributed by atoms with Gasteiger partial charge in [-0.15, -0.1) is 0 Å². The average Bonchev–Trinajstić information content (AvgIpc) is 3.04. The standard InChI is InChI=1S/C19H14N6O8/c1-11-16(12(2)21(20-11)13-4-3-5-14(8-13)22(26)27)6-7-17-18(24(30)31)9-15(23(28)29)10-19(17)25(32)33/h3-10H,1-2H3/b7-6+. The molecule has 168 valence electrons. The molecule has 1 heterocycles. The summed E-state index contributed by atoms with van der Waals surface area (Å²) in [5, 5.41) is 49.3. The van der Waals surface area contributed by atoms with Crippen molar-refractivity contribution in [3.05, 3.63) is 99.4 Å². The quantitative estimate of drug-likeness (QED) is 0.370. The lowest BCUT2D eigenvalue weighted by molar-refractivity contribution is -0.403. The van der Waals surface area contributed by atoms with E-state index in [1.807, 2.05) is 0 Å². The van der Waals surface area contributed by atoms with Gasteiger partial charge in [0.15, 0.2) is 0 Å². The number of rotatable bonds is 7. The minimum Gasteiger partial charge on any atom is -0.258 e. The van der Waals surface area contributed by atoms with Crippen molar-refractivity contribution in [2.24, 2.45) is 0 Å². The summed E-state index contributed by atoms with van der Waals surface area (Å²) in [7, 11) is 0. The summed E-state index contributed by atoms with van der Waals surface area (Å²) in [4.78, 5) is 41.6. The molecule has 0 spiro atoms. The van der Waals surface area contributed by atoms with Crippen LogP contribution in [0.2, 0.25) is 0 Å². The highest BCUT2D eigenvalue weighted by Crippen LogP contribution is 2.35. The van der Waals surface area contributed by atoms with Gasteiger partial charge in [-0.1, -0.05) is 12.1 Å². The van der Waals surface area contributed by atoms with Gasteiger partial charge in [0.25, 0.3) is 22.7 Å². The first-order chi connectivity index (χ1) is 15.5. The highest BCUT2D eigenvalue weighted by atomic mass is 16.6. The Hall–Kier alpha value is -5.01. The summed E-state index contributed by atoms with van der Waals surface area (Å²) in [6, 6.07) is 7.04. The number of benzene rings is 2. The van der Waals surface area contributed by atoms with Crippen LogP contribution in [0.25, 0.3) is 17.8 Å². The minimum atomic E-state index is -0.954. The Morgan fingerprint density at radius 1 is 0.758 bits per heavy atom. The van der Waals surface area contributed by atoms with Gasteiger partial charge in [0.2, 0.25) is 0 Å². The molecule has 14 nitrogen and oxygen atoms in total. The normalized spacial score (nSPS) is 11.0. The Morgan fingerprint density at radius 2 is 1.30 bits per heavy atom. The van der Waals surface area contributed by atoms with E-state index in [1.54, 1.807) is 19.9 Å². The molecule has 0 radical (unpaired) electrons. The molecule has 0 unspecified atom stereocenters. The molecule has 0 fully saturated rings. The molecule has 0 bridgehead atoms. The lowest BCUT2D eigenvalue weighted by atomic mass is 10.1. The SMILES string of the molecule is Cc1nn(-c2cccc([N+](=O)[O-])c2)c(C)c1/C=C/c1c([N+](=O)[O-])cc([N+](=O)[O-])cc1[N+](=O)[O-]. The molecule has 0 saturated carbocycles.